The molecule has 1 aromatic carbocycles. The highest BCUT2D eigenvalue weighted by Gasteiger charge is 2.40. The van der Waals surface area contributed by atoms with Gasteiger partial charge in [-0.2, -0.15) is 0 Å². The number of hydrogen-bond acceptors (Lipinski definition) is 3. The fourth-order valence-electron chi connectivity index (χ4n) is 2.44. The molecule has 0 aromatic heterocycles. The first-order valence-corrected chi connectivity index (χ1v) is 8.67. The second-order valence-corrected chi connectivity index (χ2v) is 7.62. The van der Waals surface area contributed by atoms with Gasteiger partial charge in [-0.1, -0.05) is 30.3 Å². The van der Waals surface area contributed by atoms with Crippen LogP contribution in [0.4, 0.5) is 0 Å². The molecule has 1 unspecified atom stereocenters. The molecule has 1 heterocycles. The molecule has 0 saturated carbocycles. The van der Waals surface area contributed by atoms with Gasteiger partial charge in [-0.05, 0) is 18.4 Å². The summed E-state index contributed by atoms with van der Waals surface area (Å²) in [5.74, 6) is -1.50. The molecule has 0 spiro atoms. The van der Waals surface area contributed by atoms with E-state index in [2.05, 4.69) is 0 Å². The lowest BCUT2D eigenvalue weighted by Gasteiger charge is -2.24. The zero-order valence-electron chi connectivity index (χ0n) is 11.5. The molecule has 2 atom stereocenters. The summed E-state index contributed by atoms with van der Waals surface area (Å²) in [5.41, 5.74) is -0.708. The van der Waals surface area contributed by atoms with E-state index >= 15 is 0 Å². The van der Waals surface area contributed by atoms with Crippen molar-refractivity contribution in [1.29, 1.82) is 0 Å². The Morgan fingerprint density at radius 3 is 2.52 bits per heavy atom. The van der Waals surface area contributed by atoms with E-state index in [1.54, 1.807) is 30.3 Å². The Hall–Kier alpha value is -1.65. The Bertz CT molecular complexity index is 574. The number of rotatable bonds is 6. The highest BCUT2D eigenvalue weighted by molar-refractivity contribution is 7.59. The predicted molar refractivity (Wildman–Crippen MR) is 77.2 cm³/mol. The average Bonchev–Trinajstić information content (AvgIpc) is 2.81. The van der Waals surface area contributed by atoms with Gasteiger partial charge in [0.05, 0.1) is 6.29 Å². The maximum absolute atomic E-state index is 12.4. The number of carboxylic acids is 1. The molecule has 1 aliphatic heterocycles. The molecule has 0 bridgehead atoms. The number of carbonyl (C=O) groups is 2. The SMILES string of the molecule is O=C(O)[C@@H](Cc1ccccc1)P(=O)(O)CN1CCCC1=O. The van der Waals surface area contributed by atoms with Crippen LogP contribution in [0.15, 0.2) is 30.3 Å². The van der Waals surface area contributed by atoms with Gasteiger partial charge >= 0.3 is 5.97 Å². The van der Waals surface area contributed by atoms with Crippen LogP contribution in [0.1, 0.15) is 18.4 Å². The number of amides is 1. The van der Waals surface area contributed by atoms with Crippen molar-refractivity contribution < 1.29 is 24.2 Å². The van der Waals surface area contributed by atoms with Crippen molar-refractivity contribution in [1.82, 2.24) is 4.90 Å². The van der Waals surface area contributed by atoms with Gasteiger partial charge in [0.2, 0.25) is 13.3 Å². The quantitative estimate of drug-likeness (QED) is 0.777. The molecule has 0 aliphatic carbocycles. The summed E-state index contributed by atoms with van der Waals surface area (Å²) < 4.78 is 12.4. The molecule has 2 N–H and O–H groups in total. The van der Waals surface area contributed by atoms with Gasteiger partial charge in [0.1, 0.15) is 5.66 Å². The van der Waals surface area contributed by atoms with Gasteiger partial charge < -0.3 is 14.9 Å². The topological polar surface area (TPSA) is 94.9 Å². The summed E-state index contributed by atoms with van der Waals surface area (Å²) in [4.78, 5) is 34.4. The molecular weight excluding hydrogens is 293 g/mol. The number of carboxylic acid groups (broad SMARTS) is 1. The van der Waals surface area contributed by atoms with Gasteiger partial charge in [-0.25, -0.2) is 0 Å². The smallest absolute Gasteiger partial charge is 0.316 e. The van der Waals surface area contributed by atoms with E-state index in [9.17, 15) is 24.2 Å². The van der Waals surface area contributed by atoms with E-state index < -0.39 is 19.0 Å². The van der Waals surface area contributed by atoms with Crippen LogP contribution in [0.5, 0.6) is 0 Å². The minimum absolute atomic E-state index is 0.0218. The van der Waals surface area contributed by atoms with Crippen molar-refractivity contribution in [2.24, 2.45) is 0 Å². The molecule has 1 amide bonds. The Balaban J connectivity index is 2.14. The Morgan fingerprint density at radius 2 is 2.00 bits per heavy atom. The van der Waals surface area contributed by atoms with Crippen molar-refractivity contribution in [3.05, 3.63) is 35.9 Å². The molecule has 1 saturated heterocycles. The van der Waals surface area contributed by atoms with E-state index in [4.69, 9.17) is 0 Å². The molecule has 21 heavy (non-hydrogen) atoms. The highest BCUT2D eigenvalue weighted by Crippen LogP contribution is 2.48. The molecule has 7 heteroatoms. The third-order valence-electron chi connectivity index (χ3n) is 3.59. The second kappa shape index (κ2) is 6.41. The second-order valence-electron chi connectivity index (χ2n) is 5.20. The number of likely N-dealkylation sites (tertiary alicyclic amines) is 1. The first-order valence-electron chi connectivity index (χ1n) is 6.76. The zero-order chi connectivity index (χ0) is 15.5. The van der Waals surface area contributed by atoms with Gasteiger partial charge in [0.25, 0.3) is 0 Å². The highest BCUT2D eigenvalue weighted by atomic mass is 31.2. The number of aliphatic carboxylic acids is 1. The normalized spacial score (nSPS) is 19.3. The minimum Gasteiger partial charge on any atom is -0.481 e. The summed E-state index contributed by atoms with van der Waals surface area (Å²) in [6.45, 7) is 0.418. The molecule has 1 aromatic rings. The molecule has 1 fully saturated rings. The summed E-state index contributed by atoms with van der Waals surface area (Å²) in [6, 6.07) is 8.73. The van der Waals surface area contributed by atoms with E-state index in [1.807, 2.05) is 0 Å². The van der Waals surface area contributed by atoms with E-state index in [-0.39, 0.29) is 18.6 Å². The Labute approximate surface area is 122 Å². The molecule has 114 valence electrons. The lowest BCUT2D eigenvalue weighted by molar-refractivity contribution is -0.137. The fourth-order valence-corrected chi connectivity index (χ4v) is 4.26. The first-order chi connectivity index (χ1) is 9.90. The van der Waals surface area contributed by atoms with Crippen molar-refractivity contribution in [3.8, 4) is 0 Å². The largest absolute Gasteiger partial charge is 0.481 e. The standard InChI is InChI=1S/C14H18NO5P/c16-13-7-4-8-15(13)10-21(19,20)12(14(17)18)9-11-5-2-1-3-6-11/h1-3,5-6,12H,4,7-10H2,(H,17,18)(H,19,20)/t12-/m1/s1. The Kier molecular flexibility index (Phi) is 4.80. The van der Waals surface area contributed by atoms with Crippen LogP contribution in [-0.4, -0.2) is 45.3 Å². The summed E-state index contributed by atoms with van der Waals surface area (Å²) in [7, 11) is -4.01. The van der Waals surface area contributed by atoms with E-state index in [0.717, 1.165) is 0 Å². The van der Waals surface area contributed by atoms with Crippen LogP contribution in [0, 0.1) is 0 Å². The summed E-state index contributed by atoms with van der Waals surface area (Å²) in [6.07, 6.45) is 0.604. The van der Waals surface area contributed by atoms with Crippen LogP contribution in [0.2, 0.25) is 0 Å². The van der Waals surface area contributed by atoms with Crippen molar-refractivity contribution in [2.45, 2.75) is 24.9 Å². The van der Waals surface area contributed by atoms with Crippen LogP contribution in [0.25, 0.3) is 0 Å². The van der Waals surface area contributed by atoms with Crippen molar-refractivity contribution >= 4 is 19.2 Å². The number of benzene rings is 1. The molecule has 2 rings (SSSR count). The molecule has 0 radical (unpaired) electrons. The number of carbonyl (C=O) groups excluding carboxylic acids is 1. The first kappa shape index (κ1) is 15.7. The lowest BCUT2D eigenvalue weighted by atomic mass is 10.1. The van der Waals surface area contributed by atoms with Crippen LogP contribution in [-0.2, 0) is 20.6 Å². The van der Waals surface area contributed by atoms with Crippen LogP contribution >= 0.6 is 7.37 Å². The monoisotopic (exact) mass is 311 g/mol. The molecule has 1 aliphatic rings. The van der Waals surface area contributed by atoms with Crippen LogP contribution < -0.4 is 0 Å². The summed E-state index contributed by atoms with van der Waals surface area (Å²) in [5, 5.41) is 9.27. The average molecular weight is 311 g/mol. The predicted octanol–water partition coefficient (Wildman–Crippen LogP) is 1.53. The maximum Gasteiger partial charge on any atom is 0.316 e. The van der Waals surface area contributed by atoms with Gasteiger partial charge in [-0.15, -0.1) is 0 Å². The van der Waals surface area contributed by atoms with E-state index in [0.29, 0.717) is 24.9 Å². The third-order valence-corrected chi connectivity index (χ3v) is 5.71. The summed E-state index contributed by atoms with van der Waals surface area (Å²) >= 11 is 0. The van der Waals surface area contributed by atoms with Crippen LogP contribution in [0.3, 0.4) is 0 Å². The third kappa shape index (κ3) is 3.93. The van der Waals surface area contributed by atoms with Gasteiger partial charge in [0.15, 0.2) is 0 Å². The lowest BCUT2D eigenvalue weighted by Crippen LogP contribution is -2.32. The maximum atomic E-state index is 12.4. The fraction of sp³-hybridized carbons (Fsp3) is 0.429. The number of nitrogens with zero attached hydrogens (tertiary/aromatic N) is 1. The van der Waals surface area contributed by atoms with E-state index in [1.165, 1.54) is 4.90 Å². The Morgan fingerprint density at radius 1 is 1.33 bits per heavy atom. The molecular formula is C14H18NO5P. The minimum atomic E-state index is -4.01. The van der Waals surface area contributed by atoms with Crippen molar-refractivity contribution in [3.63, 3.8) is 0 Å². The zero-order valence-corrected chi connectivity index (χ0v) is 12.4. The molecule has 6 nitrogen and oxygen atoms in total. The van der Waals surface area contributed by atoms with Gasteiger partial charge in [-0.3, -0.25) is 14.2 Å². The number of hydrogen-bond donors (Lipinski definition) is 2. The van der Waals surface area contributed by atoms with Crippen molar-refractivity contribution in [2.75, 3.05) is 12.8 Å². The van der Waals surface area contributed by atoms with Gasteiger partial charge in [0, 0.05) is 13.0 Å².